The number of thiophene rings is 1. The minimum absolute atomic E-state index is 0.0613. The van der Waals surface area contributed by atoms with Gasteiger partial charge in [0.25, 0.3) is 0 Å². The fraction of sp³-hybridized carbons (Fsp3) is 0.379. The molecule has 0 bridgehead atoms. The van der Waals surface area contributed by atoms with Gasteiger partial charge in [0.1, 0.15) is 18.8 Å². The molecular weight excluding hydrogens is 561 g/mol. The average Bonchev–Trinajstić information content (AvgIpc) is 3.35. The molecule has 1 aliphatic heterocycles. The summed E-state index contributed by atoms with van der Waals surface area (Å²) in [6, 6.07) is 12.3. The van der Waals surface area contributed by atoms with Gasteiger partial charge in [-0.2, -0.15) is 4.39 Å². The van der Waals surface area contributed by atoms with Crippen LogP contribution in [0.15, 0.2) is 48.7 Å². The van der Waals surface area contributed by atoms with Crippen molar-refractivity contribution in [3.8, 4) is 10.4 Å². The number of pyridine rings is 1. The molecule has 0 saturated carbocycles. The topological polar surface area (TPSA) is 101 Å². The molecule has 8 nitrogen and oxygen atoms in total. The van der Waals surface area contributed by atoms with E-state index >= 15 is 0 Å². The monoisotopic (exact) mass is 589 g/mol. The van der Waals surface area contributed by atoms with Gasteiger partial charge in [0, 0.05) is 59.6 Å². The summed E-state index contributed by atoms with van der Waals surface area (Å²) in [5.74, 6) is -2.55. The zero-order chi connectivity index (χ0) is 29.0. The molecule has 212 valence electrons. The second-order valence-electron chi connectivity index (χ2n) is 9.57. The Hall–Kier alpha value is -3.34. The van der Waals surface area contributed by atoms with E-state index in [-0.39, 0.29) is 6.61 Å². The number of carbonyl (C=O) groups is 3. The number of halogens is 2. The molecule has 5 atom stereocenters. The Bertz CT molecular complexity index is 1380. The highest BCUT2D eigenvalue weighted by atomic mass is 35.5. The molecule has 40 heavy (non-hydrogen) atoms. The van der Waals surface area contributed by atoms with Crippen LogP contribution in [0.4, 0.5) is 4.39 Å². The summed E-state index contributed by atoms with van der Waals surface area (Å²) in [5.41, 5.74) is 2.26. The second kappa shape index (κ2) is 12.9. The molecule has 1 aliphatic rings. The molecule has 0 N–H and O–H groups in total. The number of aromatic nitrogens is 1. The number of ether oxygens (including phenoxy) is 4. The standard InChI is InChI=1S/C29H29ClFNO7S/c1-15-24(14-36-16(2)33)39-28(29(38-18(4)35)27(15)37-17(3)34)19-5-8-23(30)21(11-19)12-22-7-9-25(40-22)20-6-10-26(31)32-13-20/h5-11,13,15,24,27-29H,12,14H2,1-4H3/t15-,24?,27+,28?,29-/m1/s1. The maximum Gasteiger partial charge on any atom is 0.303 e. The van der Waals surface area contributed by atoms with Gasteiger partial charge < -0.3 is 18.9 Å². The average molecular weight is 590 g/mol. The van der Waals surface area contributed by atoms with Crippen LogP contribution in [0.1, 0.15) is 49.8 Å². The normalized spacial score (nSPS) is 22.4. The molecule has 3 aromatic rings. The molecule has 4 rings (SSSR count). The number of rotatable bonds is 8. The van der Waals surface area contributed by atoms with Gasteiger partial charge in [-0.15, -0.1) is 11.3 Å². The third-order valence-corrected chi connectivity index (χ3v) is 8.04. The third-order valence-electron chi connectivity index (χ3n) is 6.54. The highest BCUT2D eigenvalue weighted by Gasteiger charge is 2.48. The zero-order valence-electron chi connectivity index (χ0n) is 22.4. The van der Waals surface area contributed by atoms with Crippen LogP contribution in [0.25, 0.3) is 10.4 Å². The number of esters is 3. The van der Waals surface area contributed by atoms with Crippen molar-refractivity contribution < 1.29 is 37.7 Å². The summed E-state index contributed by atoms with van der Waals surface area (Å²) >= 11 is 8.12. The summed E-state index contributed by atoms with van der Waals surface area (Å²) in [7, 11) is 0. The largest absolute Gasteiger partial charge is 0.463 e. The quantitative estimate of drug-likeness (QED) is 0.187. The van der Waals surface area contributed by atoms with E-state index in [9.17, 15) is 18.8 Å². The van der Waals surface area contributed by atoms with Crippen LogP contribution >= 0.6 is 22.9 Å². The van der Waals surface area contributed by atoms with E-state index in [2.05, 4.69) is 4.98 Å². The van der Waals surface area contributed by atoms with Crippen LogP contribution in [-0.4, -0.2) is 47.8 Å². The summed E-state index contributed by atoms with van der Waals surface area (Å²) in [6.45, 7) is 5.57. The van der Waals surface area contributed by atoms with Gasteiger partial charge in [-0.25, -0.2) is 4.98 Å². The predicted molar refractivity (Wildman–Crippen MR) is 146 cm³/mol. The van der Waals surface area contributed by atoms with Gasteiger partial charge in [-0.3, -0.25) is 14.4 Å². The van der Waals surface area contributed by atoms with Crippen molar-refractivity contribution in [2.24, 2.45) is 5.92 Å². The van der Waals surface area contributed by atoms with E-state index < -0.39 is 54.2 Å². The Morgan fingerprint density at radius 2 is 1.73 bits per heavy atom. The molecule has 2 aromatic heterocycles. The van der Waals surface area contributed by atoms with E-state index in [0.717, 1.165) is 20.9 Å². The molecule has 1 aromatic carbocycles. The summed E-state index contributed by atoms with van der Waals surface area (Å²) in [5, 5.41) is 0.531. The van der Waals surface area contributed by atoms with Crippen molar-refractivity contribution in [1.29, 1.82) is 0 Å². The first-order chi connectivity index (χ1) is 19.0. The van der Waals surface area contributed by atoms with Gasteiger partial charge in [-0.05, 0) is 41.5 Å². The predicted octanol–water partition coefficient (Wildman–Crippen LogP) is 5.70. The Labute approximate surface area is 240 Å². The van der Waals surface area contributed by atoms with E-state index in [1.807, 2.05) is 18.2 Å². The SMILES string of the molecule is CC(=O)OCC1OC(c2ccc(Cl)c(Cc3ccc(-c4ccc(F)nc4)s3)c2)[C@H](OC(C)=O)[C@@H](OC(C)=O)[C@@H]1C. The molecule has 0 aliphatic carbocycles. The number of benzene rings is 1. The van der Waals surface area contributed by atoms with E-state index in [0.29, 0.717) is 17.0 Å². The lowest BCUT2D eigenvalue weighted by molar-refractivity contribution is -0.232. The van der Waals surface area contributed by atoms with Crippen molar-refractivity contribution in [2.75, 3.05) is 6.61 Å². The highest BCUT2D eigenvalue weighted by Crippen LogP contribution is 2.40. The fourth-order valence-electron chi connectivity index (χ4n) is 4.66. The molecule has 0 amide bonds. The number of nitrogens with zero attached hydrogens (tertiary/aromatic N) is 1. The molecule has 2 unspecified atom stereocenters. The molecule has 0 spiro atoms. The van der Waals surface area contributed by atoms with Crippen molar-refractivity contribution in [3.05, 3.63) is 75.6 Å². The van der Waals surface area contributed by atoms with Crippen molar-refractivity contribution in [1.82, 2.24) is 4.98 Å². The molecule has 1 saturated heterocycles. The van der Waals surface area contributed by atoms with E-state index in [1.165, 1.54) is 44.4 Å². The lowest BCUT2D eigenvalue weighted by atomic mass is 9.85. The van der Waals surface area contributed by atoms with Crippen molar-refractivity contribution in [2.45, 2.75) is 58.5 Å². The van der Waals surface area contributed by atoms with Gasteiger partial charge in [0.05, 0.1) is 6.10 Å². The minimum Gasteiger partial charge on any atom is -0.463 e. The third kappa shape index (κ3) is 7.24. The zero-order valence-corrected chi connectivity index (χ0v) is 24.0. The van der Waals surface area contributed by atoms with Gasteiger partial charge >= 0.3 is 17.9 Å². The van der Waals surface area contributed by atoms with Crippen LogP contribution in [0.5, 0.6) is 0 Å². The Morgan fingerprint density at radius 1 is 1.00 bits per heavy atom. The first-order valence-corrected chi connectivity index (χ1v) is 13.8. The Kier molecular flexibility index (Phi) is 9.55. The maximum absolute atomic E-state index is 13.2. The van der Waals surface area contributed by atoms with Crippen molar-refractivity contribution >= 4 is 40.8 Å². The summed E-state index contributed by atoms with van der Waals surface area (Å²) in [4.78, 5) is 41.3. The number of hydrogen-bond donors (Lipinski definition) is 0. The Morgan fingerprint density at radius 3 is 2.38 bits per heavy atom. The van der Waals surface area contributed by atoms with Crippen LogP contribution in [0.2, 0.25) is 5.02 Å². The lowest BCUT2D eigenvalue weighted by Crippen LogP contribution is -2.54. The molecule has 0 radical (unpaired) electrons. The molecular formula is C29H29ClFNO7S. The highest BCUT2D eigenvalue weighted by molar-refractivity contribution is 7.15. The van der Waals surface area contributed by atoms with Gasteiger partial charge in [-0.1, -0.05) is 30.7 Å². The molecule has 3 heterocycles. The smallest absolute Gasteiger partial charge is 0.303 e. The Balaban J connectivity index is 1.65. The minimum atomic E-state index is -0.946. The summed E-state index contributed by atoms with van der Waals surface area (Å²) < 4.78 is 36.1. The number of carbonyl (C=O) groups excluding carboxylic acids is 3. The van der Waals surface area contributed by atoms with Crippen molar-refractivity contribution in [3.63, 3.8) is 0 Å². The second-order valence-corrected chi connectivity index (χ2v) is 11.1. The first-order valence-electron chi connectivity index (χ1n) is 12.6. The van der Waals surface area contributed by atoms with Crippen LogP contribution < -0.4 is 0 Å². The molecule has 11 heteroatoms. The first kappa shape index (κ1) is 29.6. The van der Waals surface area contributed by atoms with Crippen LogP contribution in [0.3, 0.4) is 0 Å². The fourth-order valence-corrected chi connectivity index (χ4v) is 5.87. The summed E-state index contributed by atoms with van der Waals surface area (Å²) in [6.07, 6.45) is -1.26. The number of hydrogen-bond acceptors (Lipinski definition) is 9. The van der Waals surface area contributed by atoms with Crippen LogP contribution in [0, 0.1) is 11.9 Å². The van der Waals surface area contributed by atoms with E-state index in [1.54, 1.807) is 25.1 Å². The van der Waals surface area contributed by atoms with Gasteiger partial charge in [0.2, 0.25) is 5.95 Å². The van der Waals surface area contributed by atoms with Crippen LogP contribution in [-0.2, 0) is 39.8 Å². The maximum atomic E-state index is 13.2. The molecule has 1 fully saturated rings. The van der Waals surface area contributed by atoms with E-state index in [4.69, 9.17) is 30.5 Å². The lowest BCUT2D eigenvalue weighted by Gasteiger charge is -2.44. The van der Waals surface area contributed by atoms with Gasteiger partial charge in [0.15, 0.2) is 6.10 Å².